The van der Waals surface area contributed by atoms with Gasteiger partial charge in [-0.05, 0) is 31.7 Å². The minimum atomic E-state index is -0.471. The Bertz CT molecular complexity index is 1090. The number of pyridine rings is 1. The molecule has 4 rings (SSSR count). The van der Waals surface area contributed by atoms with E-state index in [4.69, 9.17) is 28.0 Å². The number of phenols is 1. The van der Waals surface area contributed by atoms with E-state index in [1.165, 1.54) is 34.5 Å². The van der Waals surface area contributed by atoms with E-state index in [-0.39, 0.29) is 22.0 Å². The molecule has 0 saturated carbocycles. The first-order valence-corrected chi connectivity index (χ1v) is 10.6. The number of likely N-dealkylation sites (N-methyl/N-ethyl adjacent to an activating group) is 1. The van der Waals surface area contributed by atoms with Crippen LogP contribution in [0.15, 0.2) is 30.5 Å². The van der Waals surface area contributed by atoms with E-state index in [2.05, 4.69) is 25.5 Å². The monoisotopic (exact) mass is 479 g/mol. The molecule has 0 aliphatic carbocycles. The SMILES string of the molecule is C=O.CN1CCc2sc(Nc3c(O)cc(Cl)cc3C(=O)Nc3ccc(Cl)cn3)nc2C1. The van der Waals surface area contributed by atoms with Crippen molar-refractivity contribution < 1.29 is 14.7 Å². The number of halogens is 2. The zero-order valence-electron chi connectivity index (χ0n) is 16.5. The largest absolute Gasteiger partial charge is 0.506 e. The summed E-state index contributed by atoms with van der Waals surface area (Å²) in [5.41, 5.74) is 1.42. The highest BCUT2D eigenvalue weighted by atomic mass is 35.5. The molecule has 3 N–H and O–H groups in total. The number of rotatable bonds is 4. The fourth-order valence-corrected chi connectivity index (χ4v) is 4.31. The van der Waals surface area contributed by atoms with E-state index < -0.39 is 5.91 Å². The third-order valence-corrected chi connectivity index (χ3v) is 5.96. The Morgan fingerprint density at radius 3 is 2.74 bits per heavy atom. The first kappa shape index (κ1) is 23.0. The second-order valence-electron chi connectivity index (χ2n) is 6.66. The van der Waals surface area contributed by atoms with Crippen LogP contribution in [-0.4, -0.2) is 46.3 Å². The third kappa shape index (κ3) is 5.50. The van der Waals surface area contributed by atoms with Gasteiger partial charge in [-0.15, -0.1) is 11.3 Å². The maximum atomic E-state index is 12.8. The van der Waals surface area contributed by atoms with E-state index in [1.54, 1.807) is 12.1 Å². The van der Waals surface area contributed by atoms with Crippen molar-refractivity contribution in [3.63, 3.8) is 0 Å². The fourth-order valence-electron chi connectivity index (χ4n) is 3.03. The normalized spacial score (nSPS) is 13.0. The molecule has 31 heavy (non-hydrogen) atoms. The first-order chi connectivity index (χ1) is 14.9. The van der Waals surface area contributed by atoms with Crippen LogP contribution in [0.25, 0.3) is 0 Å². The lowest BCUT2D eigenvalue weighted by Crippen LogP contribution is -2.25. The maximum absolute atomic E-state index is 12.8. The molecule has 2 aromatic heterocycles. The Kier molecular flexibility index (Phi) is 7.45. The number of phenolic OH excluding ortho intramolecular Hbond substituents is 1. The van der Waals surface area contributed by atoms with Crippen molar-refractivity contribution >= 4 is 63.9 Å². The van der Waals surface area contributed by atoms with Crippen LogP contribution in [0.3, 0.4) is 0 Å². The van der Waals surface area contributed by atoms with E-state index in [0.29, 0.717) is 16.0 Å². The summed E-state index contributed by atoms with van der Waals surface area (Å²) < 4.78 is 0. The van der Waals surface area contributed by atoms with Crippen molar-refractivity contribution in [1.82, 2.24) is 14.9 Å². The molecule has 0 fully saturated rings. The summed E-state index contributed by atoms with van der Waals surface area (Å²) in [6.45, 7) is 3.75. The molecule has 0 bridgehead atoms. The lowest BCUT2D eigenvalue weighted by molar-refractivity contribution is -0.0980. The molecular formula is C20H19Cl2N5O3S. The molecule has 1 aliphatic rings. The Balaban J connectivity index is 0.00000132. The lowest BCUT2D eigenvalue weighted by Gasteiger charge is -2.20. The van der Waals surface area contributed by atoms with E-state index in [0.717, 1.165) is 25.2 Å². The number of nitrogens with one attached hydrogen (secondary N) is 2. The Hall–Kier alpha value is -2.72. The van der Waals surface area contributed by atoms with Crippen LogP contribution in [0.2, 0.25) is 10.0 Å². The third-order valence-electron chi connectivity index (χ3n) is 4.45. The number of amides is 1. The van der Waals surface area contributed by atoms with Crippen LogP contribution in [0, 0.1) is 0 Å². The number of thiazole rings is 1. The summed E-state index contributed by atoms with van der Waals surface area (Å²) in [5.74, 6) is -0.282. The van der Waals surface area contributed by atoms with Crippen molar-refractivity contribution in [2.75, 3.05) is 24.2 Å². The van der Waals surface area contributed by atoms with Crippen molar-refractivity contribution in [3.8, 4) is 5.75 Å². The summed E-state index contributed by atoms with van der Waals surface area (Å²) in [5, 5.41) is 17.5. The molecule has 3 heterocycles. The maximum Gasteiger partial charge on any atom is 0.259 e. The lowest BCUT2D eigenvalue weighted by atomic mass is 10.1. The number of carbonyl (C=O) groups excluding carboxylic acids is 2. The summed E-state index contributed by atoms with van der Waals surface area (Å²) in [4.78, 5) is 32.9. The van der Waals surface area contributed by atoms with Gasteiger partial charge in [0.05, 0.1) is 22.0 Å². The van der Waals surface area contributed by atoms with Gasteiger partial charge in [-0.2, -0.15) is 0 Å². The number of nitrogens with zero attached hydrogens (tertiary/aromatic N) is 3. The van der Waals surface area contributed by atoms with E-state index in [1.807, 2.05) is 13.8 Å². The van der Waals surface area contributed by atoms with Crippen LogP contribution in [-0.2, 0) is 17.8 Å². The average Bonchev–Trinajstić information content (AvgIpc) is 3.14. The highest BCUT2D eigenvalue weighted by molar-refractivity contribution is 7.15. The van der Waals surface area contributed by atoms with Gasteiger partial charge < -0.3 is 25.4 Å². The quantitative estimate of drug-likeness (QED) is 0.477. The summed E-state index contributed by atoms with van der Waals surface area (Å²) >= 11 is 13.4. The minimum Gasteiger partial charge on any atom is -0.506 e. The number of carbonyl (C=O) groups is 2. The Labute approximate surface area is 192 Å². The molecule has 0 unspecified atom stereocenters. The minimum absolute atomic E-state index is 0.142. The topological polar surface area (TPSA) is 107 Å². The molecule has 0 radical (unpaired) electrons. The average molecular weight is 480 g/mol. The number of fused-ring (bicyclic) bond motifs is 1. The molecule has 3 aromatic rings. The molecule has 11 heteroatoms. The van der Waals surface area contributed by atoms with Gasteiger partial charge in [-0.1, -0.05) is 23.2 Å². The van der Waals surface area contributed by atoms with Crippen molar-refractivity contribution in [3.05, 3.63) is 56.6 Å². The highest BCUT2D eigenvalue weighted by Gasteiger charge is 2.22. The molecule has 0 spiro atoms. The fraction of sp³-hybridized carbons (Fsp3) is 0.200. The zero-order valence-corrected chi connectivity index (χ0v) is 18.8. The summed E-state index contributed by atoms with van der Waals surface area (Å²) in [6, 6.07) is 6.07. The Morgan fingerprint density at radius 1 is 1.26 bits per heavy atom. The van der Waals surface area contributed by atoms with Crippen LogP contribution >= 0.6 is 34.5 Å². The molecule has 1 amide bonds. The van der Waals surface area contributed by atoms with Gasteiger partial charge in [0.1, 0.15) is 18.4 Å². The number of aromatic hydroxyl groups is 1. The Morgan fingerprint density at radius 2 is 2.03 bits per heavy atom. The molecule has 162 valence electrons. The van der Waals surface area contributed by atoms with Crippen LogP contribution < -0.4 is 10.6 Å². The van der Waals surface area contributed by atoms with Gasteiger partial charge in [-0.3, -0.25) is 4.79 Å². The van der Waals surface area contributed by atoms with E-state index in [9.17, 15) is 9.90 Å². The van der Waals surface area contributed by atoms with Crippen molar-refractivity contribution in [2.45, 2.75) is 13.0 Å². The second kappa shape index (κ2) is 10.1. The van der Waals surface area contributed by atoms with Gasteiger partial charge in [-0.25, -0.2) is 9.97 Å². The zero-order chi connectivity index (χ0) is 22.5. The van der Waals surface area contributed by atoms with Crippen LogP contribution in [0.4, 0.5) is 16.6 Å². The van der Waals surface area contributed by atoms with Crippen molar-refractivity contribution in [2.24, 2.45) is 0 Å². The van der Waals surface area contributed by atoms with Crippen LogP contribution in [0.1, 0.15) is 20.9 Å². The van der Waals surface area contributed by atoms with Gasteiger partial charge >= 0.3 is 0 Å². The van der Waals surface area contributed by atoms with Gasteiger partial charge in [0, 0.05) is 35.3 Å². The van der Waals surface area contributed by atoms with E-state index >= 15 is 0 Å². The number of aromatic nitrogens is 2. The molecule has 8 nitrogen and oxygen atoms in total. The molecule has 0 saturated heterocycles. The van der Waals surface area contributed by atoms with Gasteiger partial charge in [0.15, 0.2) is 5.13 Å². The first-order valence-electron chi connectivity index (χ1n) is 9.07. The molecule has 1 aliphatic heterocycles. The van der Waals surface area contributed by atoms with Crippen LogP contribution in [0.5, 0.6) is 5.75 Å². The number of hydrogen-bond acceptors (Lipinski definition) is 8. The highest BCUT2D eigenvalue weighted by Crippen LogP contribution is 2.37. The second-order valence-corrected chi connectivity index (χ2v) is 8.62. The number of anilines is 3. The number of hydrogen-bond donors (Lipinski definition) is 3. The standard InChI is InChI=1S/C19H17Cl2N5O2S.CH2O/c1-26-5-4-15-13(9-26)23-19(29-15)25-17-12(6-11(21)7-14(17)27)18(28)24-16-3-2-10(20)8-22-16;1-2/h2-3,6-8,27H,4-5,9H2,1H3,(H,23,25)(H,22,24,28);1H2. The van der Waals surface area contributed by atoms with Gasteiger partial charge in [0.25, 0.3) is 5.91 Å². The summed E-state index contributed by atoms with van der Waals surface area (Å²) in [7, 11) is 2.05. The smallest absolute Gasteiger partial charge is 0.259 e. The van der Waals surface area contributed by atoms with Crippen molar-refractivity contribution in [1.29, 1.82) is 0 Å². The molecule has 1 aromatic carbocycles. The molecular weight excluding hydrogens is 461 g/mol. The predicted octanol–water partition coefficient (Wildman–Crippen LogP) is 4.35. The number of benzene rings is 1. The predicted molar refractivity (Wildman–Crippen MR) is 123 cm³/mol. The molecule has 0 atom stereocenters. The van der Waals surface area contributed by atoms with Gasteiger partial charge in [0.2, 0.25) is 0 Å². The summed E-state index contributed by atoms with van der Waals surface area (Å²) in [6.07, 6.45) is 2.36.